The van der Waals surface area contributed by atoms with Gasteiger partial charge in [0.2, 0.25) is 0 Å². The Bertz CT molecular complexity index is 399. The summed E-state index contributed by atoms with van der Waals surface area (Å²) in [5.41, 5.74) is 7.36. The van der Waals surface area contributed by atoms with E-state index >= 15 is 0 Å². The summed E-state index contributed by atoms with van der Waals surface area (Å²) in [5.74, 6) is 0.111. The van der Waals surface area contributed by atoms with Crippen molar-refractivity contribution in [3.63, 3.8) is 0 Å². The van der Waals surface area contributed by atoms with Crippen molar-refractivity contribution in [1.82, 2.24) is 0 Å². The van der Waals surface area contributed by atoms with Gasteiger partial charge in [0, 0.05) is 24.9 Å². The van der Waals surface area contributed by atoms with Crippen LogP contribution in [-0.4, -0.2) is 32.1 Å². The molecular weight excluding hydrogens is 214 g/mol. The molecule has 2 rings (SSSR count). The summed E-state index contributed by atoms with van der Waals surface area (Å²) in [6.07, 6.45) is 2.27. The SMILES string of the molecule is CN(c1cccc(C(=N)N)c1)C1CCCOC1. The number of amidine groups is 1. The van der Waals surface area contributed by atoms with Gasteiger partial charge in [-0.2, -0.15) is 0 Å². The van der Waals surface area contributed by atoms with Gasteiger partial charge < -0.3 is 15.4 Å². The number of nitrogen functional groups attached to an aromatic ring is 1. The van der Waals surface area contributed by atoms with E-state index < -0.39 is 0 Å². The minimum Gasteiger partial charge on any atom is -0.384 e. The molecular formula is C13H19N3O. The second kappa shape index (κ2) is 5.19. The van der Waals surface area contributed by atoms with Gasteiger partial charge in [0.1, 0.15) is 5.84 Å². The minimum atomic E-state index is 0.111. The molecule has 1 aliphatic heterocycles. The van der Waals surface area contributed by atoms with Crippen LogP contribution < -0.4 is 10.6 Å². The number of ether oxygens (including phenoxy) is 1. The van der Waals surface area contributed by atoms with E-state index in [2.05, 4.69) is 11.9 Å². The highest BCUT2D eigenvalue weighted by Crippen LogP contribution is 2.21. The lowest BCUT2D eigenvalue weighted by molar-refractivity contribution is 0.0807. The number of nitrogens with one attached hydrogen (secondary N) is 1. The maximum Gasteiger partial charge on any atom is 0.122 e. The molecule has 1 aromatic rings. The normalized spacial score (nSPS) is 19.9. The third kappa shape index (κ3) is 2.77. The molecule has 1 aromatic carbocycles. The van der Waals surface area contributed by atoms with E-state index in [1.807, 2.05) is 24.3 Å². The molecule has 0 radical (unpaired) electrons. The largest absolute Gasteiger partial charge is 0.384 e. The van der Waals surface area contributed by atoms with Gasteiger partial charge in [-0.25, -0.2) is 0 Å². The summed E-state index contributed by atoms with van der Waals surface area (Å²) < 4.78 is 5.49. The highest BCUT2D eigenvalue weighted by Gasteiger charge is 2.19. The average Bonchev–Trinajstić information content (AvgIpc) is 2.39. The molecule has 92 valence electrons. The average molecular weight is 233 g/mol. The fourth-order valence-electron chi connectivity index (χ4n) is 2.13. The molecule has 0 spiro atoms. The van der Waals surface area contributed by atoms with Crippen LogP contribution in [0.5, 0.6) is 0 Å². The first kappa shape index (κ1) is 11.9. The fourth-order valence-corrected chi connectivity index (χ4v) is 2.13. The van der Waals surface area contributed by atoms with E-state index in [0.717, 1.165) is 37.3 Å². The van der Waals surface area contributed by atoms with Gasteiger partial charge >= 0.3 is 0 Å². The standard InChI is InChI=1S/C13H19N3O/c1-16(12-6-3-7-17-9-12)11-5-2-4-10(8-11)13(14)15/h2,4-5,8,12H,3,6-7,9H2,1H3,(H3,14,15). The van der Waals surface area contributed by atoms with Crippen molar-refractivity contribution in [2.75, 3.05) is 25.2 Å². The van der Waals surface area contributed by atoms with Crippen LogP contribution in [0.15, 0.2) is 24.3 Å². The van der Waals surface area contributed by atoms with Gasteiger partial charge in [0.05, 0.1) is 12.6 Å². The molecule has 0 amide bonds. The molecule has 0 aromatic heterocycles. The van der Waals surface area contributed by atoms with Gasteiger partial charge in [0.15, 0.2) is 0 Å². The Morgan fingerprint density at radius 2 is 2.35 bits per heavy atom. The van der Waals surface area contributed by atoms with Gasteiger partial charge in [-0.05, 0) is 25.0 Å². The number of nitrogens with zero attached hydrogens (tertiary/aromatic N) is 1. The zero-order valence-electron chi connectivity index (χ0n) is 10.1. The number of hydrogen-bond acceptors (Lipinski definition) is 3. The molecule has 4 nitrogen and oxygen atoms in total. The van der Waals surface area contributed by atoms with E-state index in [9.17, 15) is 0 Å². The Labute approximate surface area is 102 Å². The highest BCUT2D eigenvalue weighted by molar-refractivity contribution is 5.95. The number of rotatable bonds is 3. The van der Waals surface area contributed by atoms with Crippen LogP contribution in [0.3, 0.4) is 0 Å². The lowest BCUT2D eigenvalue weighted by Crippen LogP contribution is -2.38. The number of benzene rings is 1. The predicted molar refractivity (Wildman–Crippen MR) is 69.7 cm³/mol. The molecule has 1 fully saturated rings. The first-order chi connectivity index (χ1) is 8.18. The van der Waals surface area contributed by atoms with E-state index in [4.69, 9.17) is 15.9 Å². The lowest BCUT2D eigenvalue weighted by atomic mass is 10.1. The molecule has 1 saturated heterocycles. The Morgan fingerprint density at radius 1 is 1.53 bits per heavy atom. The van der Waals surface area contributed by atoms with Crippen LogP contribution in [-0.2, 0) is 4.74 Å². The minimum absolute atomic E-state index is 0.111. The van der Waals surface area contributed by atoms with Crippen LogP contribution in [0.4, 0.5) is 5.69 Å². The van der Waals surface area contributed by atoms with Crippen molar-refractivity contribution < 1.29 is 4.74 Å². The summed E-state index contributed by atoms with van der Waals surface area (Å²) in [5, 5.41) is 7.45. The van der Waals surface area contributed by atoms with Crippen molar-refractivity contribution >= 4 is 11.5 Å². The molecule has 1 aliphatic rings. The lowest BCUT2D eigenvalue weighted by Gasteiger charge is -2.33. The van der Waals surface area contributed by atoms with Crippen LogP contribution in [0.1, 0.15) is 18.4 Å². The van der Waals surface area contributed by atoms with Gasteiger partial charge in [-0.3, -0.25) is 5.41 Å². The summed E-state index contributed by atoms with van der Waals surface area (Å²) in [7, 11) is 2.07. The van der Waals surface area contributed by atoms with E-state index in [-0.39, 0.29) is 5.84 Å². The number of hydrogen-bond donors (Lipinski definition) is 2. The maximum absolute atomic E-state index is 7.45. The molecule has 4 heteroatoms. The van der Waals surface area contributed by atoms with Crippen LogP contribution >= 0.6 is 0 Å². The first-order valence-corrected chi connectivity index (χ1v) is 5.93. The zero-order chi connectivity index (χ0) is 12.3. The van der Waals surface area contributed by atoms with Crippen LogP contribution in [0.25, 0.3) is 0 Å². The number of likely N-dealkylation sites (N-methyl/N-ethyl adjacent to an activating group) is 1. The van der Waals surface area contributed by atoms with Crippen molar-refractivity contribution in [3.05, 3.63) is 29.8 Å². The Morgan fingerprint density at radius 3 is 3.00 bits per heavy atom. The Balaban J connectivity index is 2.14. The molecule has 0 saturated carbocycles. The third-order valence-corrected chi connectivity index (χ3v) is 3.25. The molecule has 1 heterocycles. The summed E-state index contributed by atoms with van der Waals surface area (Å²) in [6, 6.07) is 8.22. The molecule has 3 N–H and O–H groups in total. The summed E-state index contributed by atoms with van der Waals surface area (Å²) >= 11 is 0. The highest BCUT2D eigenvalue weighted by atomic mass is 16.5. The van der Waals surface area contributed by atoms with Gasteiger partial charge in [-0.1, -0.05) is 12.1 Å². The Hall–Kier alpha value is -1.55. The summed E-state index contributed by atoms with van der Waals surface area (Å²) in [6.45, 7) is 1.65. The van der Waals surface area contributed by atoms with Crippen molar-refractivity contribution in [1.29, 1.82) is 5.41 Å². The smallest absolute Gasteiger partial charge is 0.122 e. The summed E-state index contributed by atoms with van der Waals surface area (Å²) in [4.78, 5) is 2.21. The topological polar surface area (TPSA) is 62.3 Å². The second-order valence-corrected chi connectivity index (χ2v) is 4.45. The molecule has 0 bridgehead atoms. The molecule has 1 unspecified atom stereocenters. The van der Waals surface area contributed by atoms with Crippen molar-refractivity contribution in [3.8, 4) is 0 Å². The maximum atomic E-state index is 7.45. The Kier molecular flexibility index (Phi) is 3.64. The van der Waals surface area contributed by atoms with Gasteiger partial charge in [0.25, 0.3) is 0 Å². The predicted octanol–water partition coefficient (Wildman–Crippen LogP) is 1.59. The zero-order valence-corrected chi connectivity index (χ0v) is 10.1. The van der Waals surface area contributed by atoms with Crippen LogP contribution in [0.2, 0.25) is 0 Å². The first-order valence-electron chi connectivity index (χ1n) is 5.93. The quantitative estimate of drug-likeness (QED) is 0.615. The number of nitrogens with two attached hydrogens (primary N) is 1. The van der Waals surface area contributed by atoms with E-state index in [0.29, 0.717) is 6.04 Å². The second-order valence-electron chi connectivity index (χ2n) is 4.45. The van der Waals surface area contributed by atoms with E-state index in [1.165, 1.54) is 0 Å². The van der Waals surface area contributed by atoms with Crippen LogP contribution in [0, 0.1) is 5.41 Å². The third-order valence-electron chi connectivity index (χ3n) is 3.25. The van der Waals surface area contributed by atoms with Crippen molar-refractivity contribution in [2.24, 2.45) is 5.73 Å². The molecule has 0 aliphatic carbocycles. The monoisotopic (exact) mass is 233 g/mol. The fraction of sp³-hybridized carbons (Fsp3) is 0.462. The van der Waals surface area contributed by atoms with Gasteiger partial charge in [-0.15, -0.1) is 0 Å². The van der Waals surface area contributed by atoms with E-state index in [1.54, 1.807) is 0 Å². The number of anilines is 1. The molecule has 1 atom stereocenters. The van der Waals surface area contributed by atoms with Crippen molar-refractivity contribution in [2.45, 2.75) is 18.9 Å². The molecule has 17 heavy (non-hydrogen) atoms.